The average Bonchev–Trinajstić information content (AvgIpc) is 3.05. The summed E-state index contributed by atoms with van der Waals surface area (Å²) in [6.45, 7) is 4.11. The van der Waals surface area contributed by atoms with Crippen molar-refractivity contribution < 1.29 is 9.53 Å². The Morgan fingerprint density at radius 3 is 2.43 bits per heavy atom. The molecule has 116 valence electrons. The van der Waals surface area contributed by atoms with Gasteiger partial charge in [-0.05, 0) is 25.0 Å². The predicted octanol–water partition coefficient (Wildman–Crippen LogP) is 3.62. The lowest BCUT2D eigenvalue weighted by atomic mass is 9.96. The fraction of sp³-hybridized carbons (Fsp3) is 0.167. The lowest BCUT2D eigenvalue weighted by molar-refractivity contribution is 0.0520. The van der Waals surface area contributed by atoms with E-state index >= 15 is 0 Å². The normalized spacial score (nSPS) is 10.5. The molecule has 1 aromatic heterocycles. The molecule has 3 rings (SSSR count). The number of H-pyrrole nitrogens is 1. The van der Waals surface area contributed by atoms with Gasteiger partial charge in [0.1, 0.15) is 5.69 Å². The van der Waals surface area contributed by atoms with Crippen molar-refractivity contribution in [2.45, 2.75) is 13.8 Å². The molecule has 0 amide bonds. The molecule has 0 aliphatic carbocycles. The second kappa shape index (κ2) is 6.44. The number of ether oxygens (including phenoxy) is 1. The molecule has 0 aliphatic rings. The van der Waals surface area contributed by atoms with Crippen LogP contribution in [0.15, 0.2) is 48.5 Å². The number of aromatic nitrogens is 3. The van der Waals surface area contributed by atoms with Crippen LogP contribution >= 0.6 is 0 Å². The van der Waals surface area contributed by atoms with Crippen molar-refractivity contribution >= 4 is 5.97 Å². The zero-order valence-corrected chi connectivity index (χ0v) is 13.0. The third-order valence-electron chi connectivity index (χ3n) is 3.56. The zero-order chi connectivity index (χ0) is 16.2. The van der Waals surface area contributed by atoms with Crippen LogP contribution in [0.3, 0.4) is 0 Å². The summed E-state index contributed by atoms with van der Waals surface area (Å²) in [4.78, 5) is 12.0. The van der Waals surface area contributed by atoms with Gasteiger partial charge in [-0.2, -0.15) is 10.3 Å². The summed E-state index contributed by atoms with van der Waals surface area (Å²) in [6, 6.07) is 16.0. The first-order valence-electron chi connectivity index (χ1n) is 7.45. The summed E-state index contributed by atoms with van der Waals surface area (Å²) in [6.07, 6.45) is 0. The molecule has 23 heavy (non-hydrogen) atoms. The Hall–Kier alpha value is -2.95. The van der Waals surface area contributed by atoms with Crippen molar-refractivity contribution in [3.8, 4) is 22.4 Å². The molecule has 1 N–H and O–H groups in total. The van der Waals surface area contributed by atoms with Gasteiger partial charge in [0.05, 0.1) is 6.61 Å². The van der Waals surface area contributed by atoms with Crippen molar-refractivity contribution in [3.63, 3.8) is 0 Å². The van der Waals surface area contributed by atoms with E-state index < -0.39 is 5.97 Å². The summed E-state index contributed by atoms with van der Waals surface area (Å²) in [5.41, 5.74) is 4.79. The Morgan fingerprint density at radius 1 is 1.04 bits per heavy atom. The van der Waals surface area contributed by atoms with E-state index in [9.17, 15) is 4.79 Å². The van der Waals surface area contributed by atoms with Gasteiger partial charge in [-0.3, -0.25) is 0 Å². The number of carbonyl (C=O) groups is 1. The average molecular weight is 307 g/mol. The number of hydrogen-bond acceptors (Lipinski definition) is 4. The van der Waals surface area contributed by atoms with Gasteiger partial charge < -0.3 is 4.74 Å². The molecule has 3 aromatic rings. The Bertz CT molecular complexity index is 822. The third-order valence-corrected chi connectivity index (χ3v) is 3.56. The number of hydrogen-bond donors (Lipinski definition) is 1. The van der Waals surface area contributed by atoms with E-state index in [4.69, 9.17) is 4.74 Å². The van der Waals surface area contributed by atoms with Crippen molar-refractivity contribution in [2.75, 3.05) is 6.61 Å². The van der Waals surface area contributed by atoms with Gasteiger partial charge in [0.2, 0.25) is 0 Å². The fourth-order valence-corrected chi connectivity index (χ4v) is 2.43. The van der Waals surface area contributed by atoms with E-state index in [0.29, 0.717) is 12.3 Å². The summed E-state index contributed by atoms with van der Waals surface area (Å²) in [7, 11) is 0. The van der Waals surface area contributed by atoms with E-state index in [1.54, 1.807) is 6.92 Å². The quantitative estimate of drug-likeness (QED) is 0.747. The topological polar surface area (TPSA) is 67.9 Å². The highest BCUT2D eigenvalue weighted by atomic mass is 16.5. The second-order valence-corrected chi connectivity index (χ2v) is 5.15. The molecule has 0 atom stereocenters. The Labute approximate surface area is 134 Å². The molecule has 1 heterocycles. The maximum atomic E-state index is 12.0. The number of aryl methyl sites for hydroxylation is 1. The van der Waals surface area contributed by atoms with Gasteiger partial charge in [-0.1, -0.05) is 54.1 Å². The highest BCUT2D eigenvalue weighted by Crippen LogP contribution is 2.32. The van der Waals surface area contributed by atoms with Gasteiger partial charge in [0.25, 0.3) is 0 Å². The van der Waals surface area contributed by atoms with Crippen LogP contribution in [-0.2, 0) is 4.74 Å². The van der Waals surface area contributed by atoms with Crippen LogP contribution < -0.4 is 0 Å². The predicted molar refractivity (Wildman–Crippen MR) is 87.9 cm³/mol. The van der Waals surface area contributed by atoms with Gasteiger partial charge in [0.15, 0.2) is 5.69 Å². The van der Waals surface area contributed by atoms with E-state index in [0.717, 1.165) is 16.7 Å². The number of rotatable bonds is 4. The standard InChI is InChI=1S/C18H17N3O2/c1-3-23-18(22)17-16(19-21-20-17)15-7-5-4-6-14(15)13-10-8-12(2)9-11-13/h4-11H,3H2,1-2H3,(H,19,20,21). The highest BCUT2D eigenvalue weighted by Gasteiger charge is 2.21. The minimum atomic E-state index is -0.477. The number of benzene rings is 2. The largest absolute Gasteiger partial charge is 0.461 e. The van der Waals surface area contributed by atoms with Crippen molar-refractivity contribution in [1.82, 2.24) is 15.4 Å². The third kappa shape index (κ3) is 2.99. The van der Waals surface area contributed by atoms with Crippen LogP contribution in [0.25, 0.3) is 22.4 Å². The number of nitrogens with zero attached hydrogens (tertiary/aromatic N) is 2. The maximum Gasteiger partial charge on any atom is 0.361 e. The van der Waals surface area contributed by atoms with Crippen LogP contribution in [0.2, 0.25) is 0 Å². The van der Waals surface area contributed by atoms with Crippen LogP contribution in [0, 0.1) is 6.92 Å². The second-order valence-electron chi connectivity index (χ2n) is 5.15. The van der Waals surface area contributed by atoms with Crippen LogP contribution in [0.1, 0.15) is 23.0 Å². The van der Waals surface area contributed by atoms with E-state index in [-0.39, 0.29) is 5.69 Å². The first kappa shape index (κ1) is 15.0. The molecule has 0 saturated carbocycles. The molecule has 0 radical (unpaired) electrons. The summed E-state index contributed by atoms with van der Waals surface area (Å²) in [5.74, 6) is -0.477. The summed E-state index contributed by atoms with van der Waals surface area (Å²) >= 11 is 0. The van der Waals surface area contributed by atoms with Crippen molar-refractivity contribution in [1.29, 1.82) is 0 Å². The molecule has 0 spiro atoms. The summed E-state index contributed by atoms with van der Waals surface area (Å²) < 4.78 is 5.05. The first-order valence-corrected chi connectivity index (χ1v) is 7.45. The van der Waals surface area contributed by atoms with Crippen molar-refractivity contribution in [2.24, 2.45) is 0 Å². The molecule has 2 aromatic carbocycles. The number of nitrogens with one attached hydrogen (secondary N) is 1. The van der Waals surface area contributed by atoms with E-state index in [1.807, 2.05) is 31.2 Å². The lowest BCUT2D eigenvalue weighted by Crippen LogP contribution is -2.07. The Balaban J connectivity index is 2.10. The number of carbonyl (C=O) groups excluding carboxylic acids is 1. The van der Waals surface area contributed by atoms with Crippen molar-refractivity contribution in [3.05, 3.63) is 59.8 Å². The van der Waals surface area contributed by atoms with E-state index in [2.05, 4.69) is 39.7 Å². The van der Waals surface area contributed by atoms with Gasteiger partial charge in [-0.25, -0.2) is 4.79 Å². The zero-order valence-electron chi connectivity index (χ0n) is 13.0. The number of aromatic amines is 1. The molecule has 5 nitrogen and oxygen atoms in total. The molecular formula is C18H17N3O2. The SMILES string of the molecule is CCOC(=O)c1n[nH]nc1-c1ccccc1-c1ccc(C)cc1. The molecular weight excluding hydrogens is 290 g/mol. The van der Waals surface area contributed by atoms with E-state index in [1.165, 1.54) is 5.56 Å². The minimum Gasteiger partial charge on any atom is -0.461 e. The molecule has 0 aliphatic heterocycles. The smallest absolute Gasteiger partial charge is 0.361 e. The molecule has 0 unspecified atom stereocenters. The Morgan fingerprint density at radius 2 is 1.74 bits per heavy atom. The maximum absolute atomic E-state index is 12.0. The van der Waals surface area contributed by atoms with Gasteiger partial charge in [0, 0.05) is 5.56 Å². The molecule has 0 fully saturated rings. The van der Waals surface area contributed by atoms with Crippen LogP contribution in [0.4, 0.5) is 0 Å². The van der Waals surface area contributed by atoms with Crippen LogP contribution in [0.5, 0.6) is 0 Å². The molecule has 5 heteroatoms. The fourth-order valence-electron chi connectivity index (χ4n) is 2.43. The first-order chi connectivity index (χ1) is 11.2. The van der Waals surface area contributed by atoms with Gasteiger partial charge >= 0.3 is 5.97 Å². The summed E-state index contributed by atoms with van der Waals surface area (Å²) in [5, 5.41) is 10.6. The van der Waals surface area contributed by atoms with Crippen LogP contribution in [-0.4, -0.2) is 28.0 Å². The number of esters is 1. The lowest BCUT2D eigenvalue weighted by Gasteiger charge is -2.09. The van der Waals surface area contributed by atoms with Gasteiger partial charge in [-0.15, -0.1) is 5.10 Å². The Kier molecular flexibility index (Phi) is 4.19. The highest BCUT2D eigenvalue weighted by molar-refractivity contribution is 5.96. The molecule has 0 bridgehead atoms. The minimum absolute atomic E-state index is 0.200. The molecule has 0 saturated heterocycles. The monoisotopic (exact) mass is 307 g/mol.